The molecule has 0 aromatic carbocycles. The van der Waals surface area contributed by atoms with E-state index in [-0.39, 0.29) is 12.5 Å². The molecule has 1 aromatic rings. The fourth-order valence-corrected chi connectivity index (χ4v) is 1.48. The van der Waals surface area contributed by atoms with Gasteiger partial charge in [0.2, 0.25) is 5.91 Å². The number of nitrogens with zero attached hydrogens (tertiary/aromatic N) is 2. The van der Waals surface area contributed by atoms with Crippen LogP contribution in [0.1, 0.15) is 25.3 Å². The van der Waals surface area contributed by atoms with Gasteiger partial charge >= 0.3 is 0 Å². The molecule has 1 rings (SSSR count). The van der Waals surface area contributed by atoms with E-state index in [2.05, 4.69) is 11.9 Å². The highest BCUT2D eigenvalue weighted by Gasteiger charge is 2.11. The van der Waals surface area contributed by atoms with Gasteiger partial charge in [0.25, 0.3) is 0 Å². The molecule has 16 heavy (non-hydrogen) atoms. The topological polar surface area (TPSA) is 59.2 Å². The van der Waals surface area contributed by atoms with Crippen molar-refractivity contribution in [2.24, 2.45) is 5.73 Å². The van der Waals surface area contributed by atoms with Gasteiger partial charge in [-0.25, -0.2) is 0 Å². The molecule has 4 nitrogen and oxygen atoms in total. The van der Waals surface area contributed by atoms with Crippen LogP contribution in [0, 0.1) is 0 Å². The van der Waals surface area contributed by atoms with Crippen LogP contribution in [0.4, 0.5) is 0 Å². The van der Waals surface area contributed by atoms with E-state index in [1.807, 2.05) is 12.1 Å². The zero-order valence-corrected chi connectivity index (χ0v) is 9.72. The average molecular weight is 221 g/mol. The molecule has 0 fully saturated rings. The number of amides is 1. The van der Waals surface area contributed by atoms with Gasteiger partial charge in [0, 0.05) is 25.5 Å². The zero-order chi connectivity index (χ0) is 11.8. The maximum absolute atomic E-state index is 11.6. The van der Waals surface area contributed by atoms with Gasteiger partial charge in [-0.3, -0.25) is 9.78 Å². The number of hydrogen-bond donors (Lipinski definition) is 1. The SMILES string of the molecule is CCCCN(Cc1cccnc1)C(=O)CN. The van der Waals surface area contributed by atoms with Crippen LogP contribution in [0.2, 0.25) is 0 Å². The van der Waals surface area contributed by atoms with Gasteiger partial charge in [0.1, 0.15) is 0 Å². The van der Waals surface area contributed by atoms with Gasteiger partial charge < -0.3 is 10.6 Å². The van der Waals surface area contributed by atoms with E-state index >= 15 is 0 Å². The number of carbonyl (C=O) groups is 1. The molecule has 0 aliphatic carbocycles. The molecule has 0 unspecified atom stereocenters. The summed E-state index contributed by atoms with van der Waals surface area (Å²) in [5.41, 5.74) is 6.43. The maximum atomic E-state index is 11.6. The minimum atomic E-state index is -0.00250. The van der Waals surface area contributed by atoms with Crippen LogP contribution in [0.3, 0.4) is 0 Å². The lowest BCUT2D eigenvalue weighted by Crippen LogP contribution is -2.36. The lowest BCUT2D eigenvalue weighted by atomic mass is 10.2. The summed E-state index contributed by atoms with van der Waals surface area (Å²) in [7, 11) is 0. The highest BCUT2D eigenvalue weighted by molar-refractivity contribution is 5.77. The Hall–Kier alpha value is -1.42. The fraction of sp³-hybridized carbons (Fsp3) is 0.500. The normalized spacial score (nSPS) is 10.1. The summed E-state index contributed by atoms with van der Waals surface area (Å²) in [5.74, 6) is -0.00250. The summed E-state index contributed by atoms with van der Waals surface area (Å²) in [6.07, 6.45) is 5.58. The Kier molecular flexibility index (Phi) is 5.50. The Labute approximate surface area is 96.5 Å². The summed E-state index contributed by atoms with van der Waals surface area (Å²) >= 11 is 0. The van der Waals surface area contributed by atoms with Gasteiger partial charge in [-0.1, -0.05) is 19.4 Å². The number of aromatic nitrogens is 1. The number of hydrogen-bond acceptors (Lipinski definition) is 3. The van der Waals surface area contributed by atoms with E-state index in [1.165, 1.54) is 0 Å². The van der Waals surface area contributed by atoms with Crippen molar-refractivity contribution in [1.29, 1.82) is 0 Å². The lowest BCUT2D eigenvalue weighted by molar-refractivity contribution is -0.130. The van der Waals surface area contributed by atoms with Crippen LogP contribution in [-0.2, 0) is 11.3 Å². The standard InChI is InChI=1S/C12H19N3O/c1-2-3-7-15(12(16)8-13)10-11-5-4-6-14-9-11/h4-6,9H,2-3,7-8,10,13H2,1H3. The summed E-state index contributed by atoms with van der Waals surface area (Å²) < 4.78 is 0. The molecule has 0 aliphatic heterocycles. The molecule has 1 aromatic heterocycles. The first-order valence-corrected chi connectivity index (χ1v) is 5.64. The largest absolute Gasteiger partial charge is 0.337 e. The third-order valence-corrected chi connectivity index (χ3v) is 2.41. The first-order valence-electron chi connectivity index (χ1n) is 5.64. The van der Waals surface area contributed by atoms with Gasteiger partial charge in [-0.2, -0.15) is 0 Å². The van der Waals surface area contributed by atoms with Crippen molar-refractivity contribution in [2.45, 2.75) is 26.3 Å². The number of pyridine rings is 1. The summed E-state index contributed by atoms with van der Waals surface area (Å²) in [5, 5.41) is 0. The van der Waals surface area contributed by atoms with Gasteiger partial charge in [0.15, 0.2) is 0 Å². The van der Waals surface area contributed by atoms with E-state index in [4.69, 9.17) is 5.73 Å². The van der Waals surface area contributed by atoms with Crippen LogP contribution in [0.25, 0.3) is 0 Å². The quantitative estimate of drug-likeness (QED) is 0.784. The Bertz CT molecular complexity index is 313. The van der Waals surface area contributed by atoms with Crippen molar-refractivity contribution < 1.29 is 4.79 Å². The smallest absolute Gasteiger partial charge is 0.236 e. The monoisotopic (exact) mass is 221 g/mol. The first kappa shape index (κ1) is 12.6. The van der Waals surface area contributed by atoms with Crippen molar-refractivity contribution in [3.05, 3.63) is 30.1 Å². The van der Waals surface area contributed by atoms with Crippen molar-refractivity contribution in [2.75, 3.05) is 13.1 Å². The lowest BCUT2D eigenvalue weighted by Gasteiger charge is -2.21. The molecule has 2 N–H and O–H groups in total. The van der Waals surface area contributed by atoms with E-state index in [0.717, 1.165) is 24.9 Å². The molecule has 0 aliphatic rings. The van der Waals surface area contributed by atoms with Crippen molar-refractivity contribution >= 4 is 5.91 Å². The third kappa shape index (κ3) is 3.98. The third-order valence-electron chi connectivity index (χ3n) is 2.41. The number of rotatable bonds is 6. The fourth-order valence-electron chi connectivity index (χ4n) is 1.48. The molecule has 0 saturated carbocycles. The predicted octanol–water partition coefficient (Wildman–Crippen LogP) is 1.17. The van der Waals surface area contributed by atoms with Crippen molar-refractivity contribution in [3.63, 3.8) is 0 Å². The Balaban J connectivity index is 2.59. The molecular weight excluding hydrogens is 202 g/mol. The van der Waals surface area contributed by atoms with Crippen LogP contribution in [-0.4, -0.2) is 28.9 Å². The predicted molar refractivity (Wildman–Crippen MR) is 63.6 cm³/mol. The van der Waals surface area contributed by atoms with E-state index in [9.17, 15) is 4.79 Å². The molecule has 4 heteroatoms. The zero-order valence-electron chi connectivity index (χ0n) is 9.72. The van der Waals surface area contributed by atoms with Crippen LogP contribution >= 0.6 is 0 Å². The Morgan fingerprint density at radius 2 is 2.38 bits per heavy atom. The molecule has 0 spiro atoms. The number of unbranched alkanes of at least 4 members (excludes halogenated alkanes) is 1. The Morgan fingerprint density at radius 1 is 1.56 bits per heavy atom. The van der Waals surface area contributed by atoms with Crippen LogP contribution < -0.4 is 5.73 Å². The maximum Gasteiger partial charge on any atom is 0.236 e. The second-order valence-corrected chi connectivity index (χ2v) is 3.73. The molecule has 1 heterocycles. The molecular formula is C12H19N3O. The first-order chi connectivity index (χ1) is 7.77. The summed E-state index contributed by atoms with van der Waals surface area (Å²) in [6.45, 7) is 3.55. The molecule has 0 saturated heterocycles. The second kappa shape index (κ2) is 6.95. The second-order valence-electron chi connectivity index (χ2n) is 3.73. The number of nitrogens with two attached hydrogens (primary N) is 1. The molecule has 1 amide bonds. The number of carbonyl (C=O) groups excluding carboxylic acids is 1. The van der Waals surface area contributed by atoms with E-state index in [0.29, 0.717) is 6.54 Å². The van der Waals surface area contributed by atoms with Crippen molar-refractivity contribution in [3.8, 4) is 0 Å². The summed E-state index contributed by atoms with van der Waals surface area (Å²) in [4.78, 5) is 17.4. The minimum absolute atomic E-state index is 0.00250. The molecule has 88 valence electrons. The molecule has 0 bridgehead atoms. The Morgan fingerprint density at radius 3 is 2.94 bits per heavy atom. The van der Waals surface area contributed by atoms with E-state index in [1.54, 1.807) is 17.3 Å². The van der Waals surface area contributed by atoms with Crippen molar-refractivity contribution in [1.82, 2.24) is 9.88 Å². The van der Waals surface area contributed by atoms with Gasteiger partial charge in [-0.15, -0.1) is 0 Å². The van der Waals surface area contributed by atoms with Gasteiger partial charge in [0.05, 0.1) is 6.54 Å². The highest BCUT2D eigenvalue weighted by atomic mass is 16.2. The van der Waals surface area contributed by atoms with Crippen LogP contribution in [0.5, 0.6) is 0 Å². The van der Waals surface area contributed by atoms with Crippen LogP contribution in [0.15, 0.2) is 24.5 Å². The summed E-state index contributed by atoms with van der Waals surface area (Å²) in [6, 6.07) is 3.84. The molecule has 0 atom stereocenters. The molecule has 0 radical (unpaired) electrons. The highest BCUT2D eigenvalue weighted by Crippen LogP contribution is 2.04. The van der Waals surface area contributed by atoms with E-state index < -0.39 is 0 Å². The average Bonchev–Trinajstić information content (AvgIpc) is 2.34. The van der Waals surface area contributed by atoms with Gasteiger partial charge in [-0.05, 0) is 18.1 Å². The minimum Gasteiger partial charge on any atom is -0.337 e.